The molecular formula is C14H25NO2. The second-order valence-corrected chi connectivity index (χ2v) is 5.28. The maximum Gasteiger partial charge on any atom is 0.0700 e. The summed E-state index contributed by atoms with van der Waals surface area (Å²) >= 11 is 0. The monoisotopic (exact) mass is 239 g/mol. The van der Waals surface area contributed by atoms with Gasteiger partial charge in [0.1, 0.15) is 0 Å². The first kappa shape index (κ1) is 14.5. The quantitative estimate of drug-likeness (QED) is 0.641. The maximum atomic E-state index is 9.36. The van der Waals surface area contributed by atoms with Crippen molar-refractivity contribution < 1.29 is 9.47 Å². The first-order valence-electron chi connectivity index (χ1n) is 6.70. The Morgan fingerprint density at radius 3 is 2.53 bits per heavy atom. The summed E-state index contributed by atoms with van der Waals surface area (Å²) in [7, 11) is 1.68. The number of methoxy groups -OCH3 is 1. The molecule has 3 heteroatoms. The molecule has 17 heavy (non-hydrogen) atoms. The van der Waals surface area contributed by atoms with Gasteiger partial charge in [-0.2, -0.15) is 5.26 Å². The van der Waals surface area contributed by atoms with Gasteiger partial charge in [0.2, 0.25) is 0 Å². The lowest BCUT2D eigenvalue weighted by Crippen LogP contribution is -2.25. The lowest BCUT2D eigenvalue weighted by atomic mass is 9.69. The summed E-state index contributed by atoms with van der Waals surface area (Å²) in [6, 6.07) is 2.56. The van der Waals surface area contributed by atoms with Crippen molar-refractivity contribution in [1.29, 1.82) is 5.26 Å². The third kappa shape index (κ3) is 5.06. The number of nitrogens with zero attached hydrogens (tertiary/aromatic N) is 1. The predicted octanol–water partition coefficient (Wildman–Crippen LogP) is 3.15. The molecule has 0 aromatic rings. The number of nitriles is 1. The molecule has 98 valence electrons. The van der Waals surface area contributed by atoms with Gasteiger partial charge in [-0.25, -0.2) is 0 Å². The first-order chi connectivity index (χ1) is 8.22. The Bertz CT molecular complexity index is 239. The molecule has 0 radical (unpaired) electrons. The largest absolute Gasteiger partial charge is 0.382 e. The van der Waals surface area contributed by atoms with Crippen molar-refractivity contribution in [3.8, 4) is 6.07 Å². The Balaban J connectivity index is 2.17. The zero-order chi connectivity index (χ0) is 12.6. The van der Waals surface area contributed by atoms with Crippen molar-refractivity contribution in [2.75, 3.05) is 26.9 Å². The number of rotatable bonds is 7. The Morgan fingerprint density at radius 2 is 1.94 bits per heavy atom. The van der Waals surface area contributed by atoms with E-state index in [1.54, 1.807) is 7.11 Å². The highest BCUT2D eigenvalue weighted by Crippen LogP contribution is 2.41. The zero-order valence-electron chi connectivity index (χ0n) is 11.2. The van der Waals surface area contributed by atoms with E-state index >= 15 is 0 Å². The number of hydrogen-bond acceptors (Lipinski definition) is 3. The number of hydrogen-bond donors (Lipinski definition) is 0. The van der Waals surface area contributed by atoms with E-state index in [2.05, 4.69) is 13.0 Å². The minimum atomic E-state index is -0.0584. The van der Waals surface area contributed by atoms with Crippen LogP contribution in [-0.2, 0) is 9.47 Å². The first-order valence-corrected chi connectivity index (χ1v) is 6.70. The van der Waals surface area contributed by atoms with Gasteiger partial charge < -0.3 is 9.47 Å². The lowest BCUT2D eigenvalue weighted by molar-refractivity contribution is 0.0631. The van der Waals surface area contributed by atoms with Crippen LogP contribution in [0.25, 0.3) is 0 Å². The van der Waals surface area contributed by atoms with Crippen LogP contribution in [0.15, 0.2) is 0 Å². The van der Waals surface area contributed by atoms with Gasteiger partial charge in [0.05, 0.1) is 24.7 Å². The Labute approximate surface area is 105 Å². The third-order valence-corrected chi connectivity index (χ3v) is 3.84. The molecule has 1 fully saturated rings. The minimum absolute atomic E-state index is 0.0584. The van der Waals surface area contributed by atoms with Crippen molar-refractivity contribution in [3.05, 3.63) is 0 Å². The minimum Gasteiger partial charge on any atom is -0.382 e. The van der Waals surface area contributed by atoms with Crippen molar-refractivity contribution in [1.82, 2.24) is 0 Å². The van der Waals surface area contributed by atoms with Crippen LogP contribution in [0.4, 0.5) is 0 Å². The van der Waals surface area contributed by atoms with Crippen LogP contribution in [-0.4, -0.2) is 26.9 Å². The zero-order valence-corrected chi connectivity index (χ0v) is 11.2. The summed E-state index contributed by atoms with van der Waals surface area (Å²) in [5, 5.41) is 9.36. The molecule has 0 saturated heterocycles. The second kappa shape index (κ2) is 7.68. The fourth-order valence-corrected chi connectivity index (χ4v) is 2.49. The molecule has 1 aliphatic rings. The van der Waals surface area contributed by atoms with E-state index in [-0.39, 0.29) is 5.41 Å². The summed E-state index contributed by atoms with van der Waals surface area (Å²) in [6.07, 6.45) is 6.54. The van der Waals surface area contributed by atoms with Crippen molar-refractivity contribution >= 4 is 0 Å². The second-order valence-electron chi connectivity index (χ2n) is 5.28. The highest BCUT2D eigenvalue weighted by Gasteiger charge is 2.33. The lowest BCUT2D eigenvalue weighted by Gasteiger charge is -2.33. The maximum absolute atomic E-state index is 9.36. The van der Waals surface area contributed by atoms with Gasteiger partial charge >= 0.3 is 0 Å². The molecular weight excluding hydrogens is 214 g/mol. The summed E-state index contributed by atoms with van der Waals surface area (Å²) in [6.45, 7) is 4.35. The molecule has 0 aliphatic heterocycles. The van der Waals surface area contributed by atoms with E-state index in [1.807, 2.05) is 0 Å². The molecule has 0 amide bonds. The molecule has 3 nitrogen and oxygen atoms in total. The summed E-state index contributed by atoms with van der Waals surface area (Å²) in [4.78, 5) is 0. The molecule has 0 atom stereocenters. The van der Waals surface area contributed by atoms with Gasteiger partial charge in [0.25, 0.3) is 0 Å². The van der Waals surface area contributed by atoms with Gasteiger partial charge in [-0.3, -0.25) is 0 Å². The van der Waals surface area contributed by atoms with Gasteiger partial charge in [-0.1, -0.05) is 6.92 Å². The number of ether oxygens (including phenoxy) is 2. The van der Waals surface area contributed by atoms with Crippen LogP contribution < -0.4 is 0 Å². The Kier molecular flexibility index (Phi) is 6.54. The summed E-state index contributed by atoms with van der Waals surface area (Å²) in [5.41, 5.74) is -0.0584. The predicted molar refractivity (Wildman–Crippen MR) is 67.6 cm³/mol. The van der Waals surface area contributed by atoms with Crippen molar-refractivity contribution in [3.63, 3.8) is 0 Å². The van der Waals surface area contributed by atoms with E-state index < -0.39 is 0 Å². The summed E-state index contributed by atoms with van der Waals surface area (Å²) < 4.78 is 10.4. The smallest absolute Gasteiger partial charge is 0.0700 e. The highest BCUT2D eigenvalue weighted by atomic mass is 16.5. The van der Waals surface area contributed by atoms with Gasteiger partial charge in [0, 0.05) is 13.7 Å². The van der Waals surface area contributed by atoms with Crippen LogP contribution in [0.3, 0.4) is 0 Å². The molecule has 0 bridgehead atoms. The molecule has 1 rings (SSSR count). The van der Waals surface area contributed by atoms with Crippen LogP contribution in [0.2, 0.25) is 0 Å². The molecule has 0 spiro atoms. The highest BCUT2D eigenvalue weighted by molar-refractivity contribution is 5.01. The van der Waals surface area contributed by atoms with Crippen LogP contribution in [0, 0.1) is 22.7 Å². The molecule has 0 heterocycles. The fourth-order valence-electron chi connectivity index (χ4n) is 2.49. The topological polar surface area (TPSA) is 42.2 Å². The standard InChI is InChI=1S/C14H25NO2/c1-13-4-7-14(12-15,8-5-13)6-3-9-17-11-10-16-2/h13H,3-11H2,1-2H3. The molecule has 1 saturated carbocycles. The molecule has 0 aromatic carbocycles. The van der Waals surface area contributed by atoms with Gasteiger partial charge in [-0.05, 0) is 44.4 Å². The van der Waals surface area contributed by atoms with E-state index in [4.69, 9.17) is 9.47 Å². The van der Waals surface area contributed by atoms with Crippen molar-refractivity contribution in [2.45, 2.75) is 45.4 Å². The fraction of sp³-hybridized carbons (Fsp3) is 0.929. The van der Waals surface area contributed by atoms with E-state index in [1.165, 1.54) is 12.8 Å². The normalized spacial score (nSPS) is 28.9. The molecule has 0 unspecified atom stereocenters. The van der Waals surface area contributed by atoms with Gasteiger partial charge in [-0.15, -0.1) is 0 Å². The van der Waals surface area contributed by atoms with Crippen molar-refractivity contribution in [2.24, 2.45) is 11.3 Å². The Hall–Kier alpha value is -0.590. The van der Waals surface area contributed by atoms with E-state index in [0.29, 0.717) is 13.2 Å². The molecule has 0 aromatic heterocycles. The van der Waals surface area contributed by atoms with Crippen LogP contribution in [0.5, 0.6) is 0 Å². The SMILES string of the molecule is COCCOCCCC1(C#N)CCC(C)CC1. The molecule has 1 aliphatic carbocycles. The Morgan fingerprint density at radius 1 is 1.24 bits per heavy atom. The van der Waals surface area contributed by atoms with Crippen LogP contribution >= 0.6 is 0 Å². The van der Waals surface area contributed by atoms with Crippen LogP contribution in [0.1, 0.15) is 45.4 Å². The molecule has 0 N–H and O–H groups in total. The van der Waals surface area contributed by atoms with E-state index in [9.17, 15) is 5.26 Å². The average molecular weight is 239 g/mol. The summed E-state index contributed by atoms with van der Waals surface area (Å²) in [5.74, 6) is 0.800. The van der Waals surface area contributed by atoms with E-state index in [0.717, 1.165) is 38.2 Å². The average Bonchev–Trinajstić information content (AvgIpc) is 2.36. The third-order valence-electron chi connectivity index (χ3n) is 3.84. The van der Waals surface area contributed by atoms with Gasteiger partial charge in [0.15, 0.2) is 0 Å².